The van der Waals surface area contributed by atoms with E-state index in [0.717, 1.165) is 7.11 Å². The number of alkyl halides is 3. The Morgan fingerprint density at radius 2 is 2.18 bits per heavy atom. The average Bonchev–Trinajstić information content (AvgIpc) is 2.24. The molecule has 0 amide bonds. The smallest absolute Gasteiger partial charge is 0.433 e. The van der Waals surface area contributed by atoms with Gasteiger partial charge in [-0.3, -0.25) is 4.79 Å². The third-order valence-corrected chi connectivity index (χ3v) is 1.68. The number of nitrogens with one attached hydrogen (secondary N) is 1. The molecule has 1 aromatic heterocycles. The van der Waals surface area contributed by atoms with Crippen LogP contribution in [0.1, 0.15) is 5.69 Å². The van der Waals surface area contributed by atoms with Gasteiger partial charge in [0.25, 0.3) is 0 Å². The van der Waals surface area contributed by atoms with E-state index in [1.54, 1.807) is 0 Å². The SMILES string of the molecule is COC(=O)CNc1cc(C(F)(F)F)nc(N)n1. The highest BCUT2D eigenvalue weighted by atomic mass is 19.4. The van der Waals surface area contributed by atoms with Gasteiger partial charge in [-0.05, 0) is 0 Å². The van der Waals surface area contributed by atoms with E-state index in [0.29, 0.717) is 6.07 Å². The first kappa shape index (κ1) is 13.0. The Hall–Kier alpha value is -2.06. The van der Waals surface area contributed by atoms with Crippen molar-refractivity contribution in [2.45, 2.75) is 6.18 Å². The van der Waals surface area contributed by atoms with Gasteiger partial charge in [0.05, 0.1) is 7.11 Å². The van der Waals surface area contributed by atoms with E-state index in [4.69, 9.17) is 5.73 Å². The zero-order valence-electron chi connectivity index (χ0n) is 8.71. The number of aromatic nitrogens is 2. The van der Waals surface area contributed by atoms with Gasteiger partial charge < -0.3 is 15.8 Å². The van der Waals surface area contributed by atoms with Crippen molar-refractivity contribution in [2.24, 2.45) is 0 Å². The number of carbonyl (C=O) groups is 1. The maximum atomic E-state index is 12.3. The van der Waals surface area contributed by atoms with Crippen molar-refractivity contribution < 1.29 is 22.7 Å². The van der Waals surface area contributed by atoms with Crippen molar-refractivity contribution in [3.05, 3.63) is 11.8 Å². The first-order valence-corrected chi connectivity index (χ1v) is 4.35. The normalized spacial score (nSPS) is 11.1. The number of nitrogens with zero attached hydrogens (tertiary/aromatic N) is 2. The highest BCUT2D eigenvalue weighted by Crippen LogP contribution is 2.29. The molecular formula is C8H9F3N4O2. The second-order valence-electron chi connectivity index (χ2n) is 2.92. The summed E-state index contributed by atoms with van der Waals surface area (Å²) in [4.78, 5) is 17.3. The fourth-order valence-corrected chi connectivity index (χ4v) is 0.937. The minimum absolute atomic E-state index is 0.199. The number of anilines is 2. The molecule has 3 N–H and O–H groups in total. The Kier molecular flexibility index (Phi) is 3.71. The summed E-state index contributed by atoms with van der Waals surface area (Å²) in [6.07, 6.45) is -4.63. The molecule has 1 aromatic rings. The average molecular weight is 250 g/mol. The van der Waals surface area contributed by atoms with E-state index in [1.165, 1.54) is 0 Å². The van der Waals surface area contributed by atoms with Gasteiger partial charge in [0.1, 0.15) is 12.4 Å². The summed E-state index contributed by atoms with van der Waals surface area (Å²) < 4.78 is 41.3. The molecule has 0 spiro atoms. The standard InChI is InChI=1S/C8H9F3N4O2/c1-17-6(16)3-13-5-2-4(8(9,10)11)14-7(12)15-5/h2H,3H2,1H3,(H3,12,13,14,15). The van der Waals surface area contributed by atoms with Gasteiger partial charge in [-0.15, -0.1) is 0 Å². The molecule has 0 aliphatic rings. The van der Waals surface area contributed by atoms with Gasteiger partial charge >= 0.3 is 12.1 Å². The number of methoxy groups -OCH3 is 1. The van der Waals surface area contributed by atoms with Crippen molar-refractivity contribution in [1.29, 1.82) is 0 Å². The van der Waals surface area contributed by atoms with E-state index in [2.05, 4.69) is 20.0 Å². The van der Waals surface area contributed by atoms with Gasteiger partial charge in [-0.2, -0.15) is 18.2 Å². The van der Waals surface area contributed by atoms with Gasteiger partial charge in [-0.1, -0.05) is 0 Å². The maximum absolute atomic E-state index is 12.3. The Morgan fingerprint density at radius 3 is 2.71 bits per heavy atom. The van der Waals surface area contributed by atoms with Crippen LogP contribution in [0.25, 0.3) is 0 Å². The molecule has 0 aliphatic heterocycles. The van der Waals surface area contributed by atoms with E-state index in [9.17, 15) is 18.0 Å². The first-order chi connectivity index (χ1) is 7.82. The molecule has 0 saturated carbocycles. The summed E-state index contributed by atoms with van der Waals surface area (Å²) in [5.41, 5.74) is 3.93. The summed E-state index contributed by atoms with van der Waals surface area (Å²) in [6.45, 7) is -0.315. The number of esters is 1. The minimum atomic E-state index is -4.63. The second kappa shape index (κ2) is 4.85. The number of hydrogen-bond donors (Lipinski definition) is 2. The molecule has 1 rings (SSSR count). The second-order valence-corrected chi connectivity index (χ2v) is 2.92. The van der Waals surface area contributed by atoms with Crippen LogP contribution >= 0.6 is 0 Å². The lowest BCUT2D eigenvalue weighted by Gasteiger charge is -2.09. The molecule has 0 aliphatic carbocycles. The van der Waals surface area contributed by atoms with Crippen LogP contribution < -0.4 is 11.1 Å². The minimum Gasteiger partial charge on any atom is -0.468 e. The molecule has 0 radical (unpaired) electrons. The number of ether oxygens (including phenoxy) is 1. The molecule has 1 heterocycles. The molecule has 0 unspecified atom stereocenters. The fourth-order valence-electron chi connectivity index (χ4n) is 0.937. The monoisotopic (exact) mass is 250 g/mol. The van der Waals surface area contributed by atoms with E-state index < -0.39 is 23.8 Å². The third kappa shape index (κ3) is 3.78. The number of rotatable bonds is 3. The van der Waals surface area contributed by atoms with Gasteiger partial charge in [0.2, 0.25) is 5.95 Å². The van der Waals surface area contributed by atoms with E-state index >= 15 is 0 Å². The summed E-state index contributed by atoms with van der Waals surface area (Å²) in [5, 5.41) is 2.34. The number of nitrogen functional groups attached to an aromatic ring is 1. The Morgan fingerprint density at radius 1 is 1.53 bits per heavy atom. The number of hydrogen-bond acceptors (Lipinski definition) is 6. The quantitative estimate of drug-likeness (QED) is 0.766. The summed E-state index contributed by atoms with van der Waals surface area (Å²) >= 11 is 0. The summed E-state index contributed by atoms with van der Waals surface area (Å²) in [7, 11) is 1.15. The molecule has 0 saturated heterocycles. The fraction of sp³-hybridized carbons (Fsp3) is 0.375. The van der Waals surface area contributed by atoms with Crippen molar-refractivity contribution in [3.63, 3.8) is 0 Å². The first-order valence-electron chi connectivity index (χ1n) is 4.35. The highest BCUT2D eigenvalue weighted by molar-refractivity contribution is 5.74. The number of nitrogens with two attached hydrogens (primary N) is 1. The number of halogens is 3. The Balaban J connectivity index is 2.87. The highest BCUT2D eigenvalue weighted by Gasteiger charge is 2.33. The van der Waals surface area contributed by atoms with Crippen LogP contribution in [-0.4, -0.2) is 29.6 Å². The molecule has 17 heavy (non-hydrogen) atoms. The molecule has 0 aromatic carbocycles. The van der Waals surface area contributed by atoms with Crippen LogP contribution in [0.3, 0.4) is 0 Å². The van der Waals surface area contributed by atoms with Crippen molar-refractivity contribution in [3.8, 4) is 0 Å². The van der Waals surface area contributed by atoms with Crippen LogP contribution in [0, 0.1) is 0 Å². The zero-order valence-corrected chi connectivity index (χ0v) is 8.71. The van der Waals surface area contributed by atoms with Gasteiger partial charge in [0.15, 0.2) is 5.69 Å². The van der Waals surface area contributed by atoms with Crippen molar-refractivity contribution in [1.82, 2.24) is 9.97 Å². The predicted octanol–water partition coefficient (Wildman–Crippen LogP) is 0.663. The van der Waals surface area contributed by atoms with Crippen LogP contribution in [0.15, 0.2) is 6.07 Å². The van der Waals surface area contributed by atoms with Gasteiger partial charge in [-0.25, -0.2) is 4.98 Å². The maximum Gasteiger partial charge on any atom is 0.433 e. The van der Waals surface area contributed by atoms with Gasteiger partial charge in [0, 0.05) is 6.07 Å². The van der Waals surface area contributed by atoms with Crippen molar-refractivity contribution >= 4 is 17.7 Å². The number of carbonyl (C=O) groups excluding carboxylic acids is 1. The zero-order chi connectivity index (χ0) is 13.1. The lowest BCUT2D eigenvalue weighted by molar-refractivity contribution is -0.141. The largest absolute Gasteiger partial charge is 0.468 e. The summed E-state index contributed by atoms with van der Waals surface area (Å²) in [6, 6.07) is 0.652. The Bertz CT molecular complexity index is 422. The van der Waals surface area contributed by atoms with E-state index in [1.807, 2.05) is 0 Å². The lowest BCUT2D eigenvalue weighted by Crippen LogP contribution is -2.18. The van der Waals surface area contributed by atoms with Crippen LogP contribution in [0.2, 0.25) is 0 Å². The Labute approximate surface area is 94.0 Å². The molecule has 0 fully saturated rings. The third-order valence-electron chi connectivity index (χ3n) is 1.68. The van der Waals surface area contributed by atoms with Crippen LogP contribution in [0.4, 0.5) is 24.9 Å². The molecule has 6 nitrogen and oxygen atoms in total. The molecule has 0 atom stereocenters. The predicted molar refractivity (Wildman–Crippen MR) is 52.0 cm³/mol. The van der Waals surface area contributed by atoms with Crippen LogP contribution in [-0.2, 0) is 15.7 Å². The van der Waals surface area contributed by atoms with Crippen molar-refractivity contribution in [2.75, 3.05) is 24.7 Å². The summed E-state index contributed by atoms with van der Waals surface area (Å²) in [5.74, 6) is -1.38. The molecular weight excluding hydrogens is 241 g/mol. The van der Waals surface area contributed by atoms with E-state index in [-0.39, 0.29) is 12.4 Å². The molecule has 0 bridgehead atoms. The topological polar surface area (TPSA) is 90.1 Å². The molecule has 9 heteroatoms. The lowest BCUT2D eigenvalue weighted by atomic mass is 10.4. The molecule has 94 valence electrons. The van der Waals surface area contributed by atoms with Crippen LogP contribution in [0.5, 0.6) is 0 Å².